The molecule has 5 aromatic heterocycles. The van der Waals surface area contributed by atoms with Gasteiger partial charge in [-0.2, -0.15) is 10.2 Å². The highest BCUT2D eigenvalue weighted by Crippen LogP contribution is 2.32. The number of aryl methyl sites for hydroxylation is 4. The van der Waals surface area contributed by atoms with Crippen LogP contribution in [-0.4, -0.2) is 291 Å². The van der Waals surface area contributed by atoms with Gasteiger partial charge in [0.1, 0.15) is 34.7 Å². The number of nitrogens with one attached hydrogen (secondary N) is 3. The maximum atomic E-state index is 14.0. The van der Waals surface area contributed by atoms with E-state index < -0.39 is 41.4 Å². The van der Waals surface area contributed by atoms with E-state index in [9.17, 15) is 33.6 Å². The van der Waals surface area contributed by atoms with Crippen molar-refractivity contribution in [1.82, 2.24) is 63.7 Å². The quantitative estimate of drug-likeness (QED) is 0.0205. The molecule has 103 heavy (non-hydrogen) atoms. The number of primary amides is 2. The summed E-state index contributed by atoms with van der Waals surface area (Å²) in [5, 5.41) is 17.3. The van der Waals surface area contributed by atoms with Crippen LogP contribution in [0.2, 0.25) is 0 Å². The van der Waals surface area contributed by atoms with Crippen LogP contribution in [-0.2, 0) is 87.9 Å². The third-order valence-electron chi connectivity index (χ3n) is 16.0. The van der Waals surface area contributed by atoms with Gasteiger partial charge in [0.25, 0.3) is 23.6 Å². The van der Waals surface area contributed by atoms with Crippen molar-refractivity contribution < 1.29 is 85.7 Å². The number of fused-ring (bicyclic) bond motifs is 2. The molecule has 35 heteroatoms. The molecule has 562 valence electrons. The normalized spacial score (nSPS) is 13.6. The van der Waals surface area contributed by atoms with Gasteiger partial charge in [0.2, 0.25) is 29.6 Å². The maximum absolute atomic E-state index is 14.0. The van der Waals surface area contributed by atoms with Crippen molar-refractivity contribution in [3.8, 4) is 5.75 Å². The van der Waals surface area contributed by atoms with Gasteiger partial charge in [0, 0.05) is 95.9 Å². The average Bonchev–Trinajstić information content (AvgIpc) is 1.64. The Morgan fingerprint density at radius 1 is 0.515 bits per heavy atom. The Morgan fingerprint density at radius 2 is 0.942 bits per heavy atom. The van der Waals surface area contributed by atoms with E-state index in [1.807, 2.05) is 26.0 Å². The molecule has 2 aliphatic rings. The zero-order valence-electron chi connectivity index (χ0n) is 59.2. The van der Waals surface area contributed by atoms with Crippen LogP contribution in [0, 0.1) is 13.8 Å². The number of aromatic nitrogens is 9. The fourth-order valence-electron chi connectivity index (χ4n) is 10.8. The molecular weight excluding hydrogens is 1340 g/mol. The molecule has 0 aliphatic carbocycles. The summed E-state index contributed by atoms with van der Waals surface area (Å²) in [6, 6.07) is 8.05. The first-order valence-corrected chi connectivity index (χ1v) is 34.6. The van der Waals surface area contributed by atoms with Crippen LogP contribution in [0.4, 0.5) is 11.9 Å². The molecule has 7 heterocycles. The number of nitrogens with two attached hydrogens (primary N) is 2. The van der Waals surface area contributed by atoms with Crippen LogP contribution >= 0.6 is 0 Å². The number of hydrogen-bond donors (Lipinski definition) is 5. The lowest BCUT2D eigenvalue weighted by Gasteiger charge is -2.34. The number of anilines is 2. The Morgan fingerprint density at radius 3 is 1.42 bits per heavy atom. The van der Waals surface area contributed by atoms with Crippen LogP contribution in [0.1, 0.15) is 73.3 Å². The second kappa shape index (κ2) is 43.2. The minimum absolute atomic E-state index is 0.150. The topological polar surface area (TPSA) is 403 Å². The number of allylic oxidation sites excluding steroid dienone is 2. The number of pyridine rings is 1. The van der Waals surface area contributed by atoms with E-state index in [0.29, 0.717) is 202 Å². The number of piperazine rings is 1. The van der Waals surface area contributed by atoms with Gasteiger partial charge < -0.3 is 78.4 Å². The molecule has 8 rings (SSSR count). The summed E-state index contributed by atoms with van der Waals surface area (Å²) in [4.78, 5) is 107. The van der Waals surface area contributed by atoms with Crippen molar-refractivity contribution >= 4 is 75.4 Å². The molecule has 2 aliphatic heterocycles. The predicted octanol–water partition coefficient (Wildman–Crippen LogP) is 1.38. The smallest absolute Gasteiger partial charge is 0.276 e. The van der Waals surface area contributed by atoms with E-state index in [2.05, 4.69) is 45.9 Å². The van der Waals surface area contributed by atoms with Crippen LogP contribution in [0.3, 0.4) is 0 Å². The predicted molar refractivity (Wildman–Crippen MR) is 375 cm³/mol. The fraction of sp³-hybridized carbons (Fsp3) is 0.559. The summed E-state index contributed by atoms with van der Waals surface area (Å²) in [5.41, 5.74) is 15.4. The first kappa shape index (κ1) is 79.7. The molecule has 0 radical (unpaired) electrons. The Bertz CT molecular complexity index is 3770. The van der Waals surface area contributed by atoms with Crippen molar-refractivity contribution in [2.45, 2.75) is 60.3 Å². The van der Waals surface area contributed by atoms with Gasteiger partial charge in [-0.15, -0.1) is 0 Å². The second-order valence-corrected chi connectivity index (χ2v) is 23.5. The molecule has 0 unspecified atom stereocenters. The largest absolute Gasteiger partial charge is 0.491 e. The number of imidazole rings is 2. The summed E-state index contributed by atoms with van der Waals surface area (Å²) in [6.45, 7) is 22.6. The van der Waals surface area contributed by atoms with Gasteiger partial charge >= 0.3 is 0 Å². The summed E-state index contributed by atoms with van der Waals surface area (Å²) >= 11 is 0. The van der Waals surface area contributed by atoms with E-state index >= 15 is 0 Å². The Labute approximate surface area is 596 Å². The highest BCUT2D eigenvalue weighted by atomic mass is 16.6. The number of nitrogens with zero attached hydrogens (tertiary/aromatic N) is 12. The van der Waals surface area contributed by atoms with E-state index in [1.54, 1.807) is 56.6 Å². The molecule has 7 amide bonds. The number of carbonyl (C=O) groups excluding carboxylic acids is 7. The molecular formula is C68H97N17O18. The van der Waals surface area contributed by atoms with Crippen LogP contribution in [0.5, 0.6) is 5.75 Å². The second-order valence-electron chi connectivity index (χ2n) is 23.5. The zero-order chi connectivity index (χ0) is 73.1. The van der Waals surface area contributed by atoms with Gasteiger partial charge in [0.15, 0.2) is 5.65 Å². The zero-order valence-corrected chi connectivity index (χ0v) is 59.2. The van der Waals surface area contributed by atoms with Gasteiger partial charge in [-0.05, 0) is 64.4 Å². The molecule has 35 nitrogen and oxygen atoms in total. The molecule has 1 fully saturated rings. The number of carbonyl (C=O) groups is 7. The highest BCUT2D eigenvalue weighted by molar-refractivity contribution is 6.14. The van der Waals surface area contributed by atoms with Gasteiger partial charge in [-0.1, -0.05) is 12.2 Å². The number of imide groups is 1. The third kappa shape index (κ3) is 25.7. The lowest BCUT2D eigenvalue weighted by Crippen LogP contribution is -2.47. The standard InChI is InChI=1S/C68H97N17O18/c1-5-84-55(42-49(3)77-84)65(91)75-67-73-53-44-51(62(69)89)46-57(61(53)81(67)14-7-8-15-82-64-54(45-52(47-72-64)63(70)90)74-68(82)76-66(92)56-43-50(4)78-85(56)6-2)103-21-9-13-79-16-18-80(19-17-79)20-23-94-25-27-96-29-31-98-33-35-100-37-39-102-41-40-101-38-36-99-34-32-97-30-28-95-26-24-93-22-12-71-58(86)48-83-59(87)10-11-60(83)88/h7-8,10-11,42-47H,5-6,9,12-41,48H2,1-4H3,(H2,69,89)(H2,70,90)(H,71,86)(H,73,75,91)(H,74,76,92)/b8-7+. The van der Waals surface area contributed by atoms with Crippen molar-refractivity contribution in [1.29, 1.82) is 0 Å². The molecule has 0 bridgehead atoms. The number of benzene rings is 1. The summed E-state index contributed by atoms with van der Waals surface area (Å²) < 4.78 is 68.9. The van der Waals surface area contributed by atoms with Gasteiger partial charge in [-0.25, -0.2) is 15.0 Å². The first-order valence-electron chi connectivity index (χ1n) is 34.6. The molecule has 6 aromatic rings. The lowest BCUT2D eigenvalue weighted by molar-refractivity contribution is -0.141. The summed E-state index contributed by atoms with van der Waals surface area (Å²) in [7, 11) is 0. The molecule has 0 spiro atoms. The van der Waals surface area contributed by atoms with Crippen LogP contribution < -0.4 is 32.2 Å². The summed E-state index contributed by atoms with van der Waals surface area (Å²) in [5.74, 6) is -2.99. The maximum Gasteiger partial charge on any atom is 0.276 e. The fourth-order valence-corrected chi connectivity index (χ4v) is 10.8. The van der Waals surface area contributed by atoms with Crippen molar-refractivity contribution in [2.24, 2.45) is 11.5 Å². The number of amides is 7. The first-order chi connectivity index (χ1) is 50.1. The highest BCUT2D eigenvalue weighted by Gasteiger charge is 2.27. The molecule has 0 atom stereocenters. The Kier molecular flexibility index (Phi) is 33.4. The number of ether oxygens (including phenoxy) is 11. The number of hydrogen-bond acceptors (Lipinski definition) is 25. The average molecular weight is 1440 g/mol. The molecule has 1 aromatic carbocycles. The summed E-state index contributed by atoms with van der Waals surface area (Å²) in [6.07, 6.45) is 7.98. The van der Waals surface area contributed by atoms with Crippen LogP contribution in [0.15, 0.2) is 60.8 Å². The van der Waals surface area contributed by atoms with E-state index in [0.717, 1.165) is 56.3 Å². The number of rotatable bonds is 52. The minimum atomic E-state index is -0.681. The van der Waals surface area contributed by atoms with E-state index in [4.69, 9.17) is 68.6 Å². The minimum Gasteiger partial charge on any atom is -0.491 e. The lowest BCUT2D eigenvalue weighted by atomic mass is 10.1. The van der Waals surface area contributed by atoms with Crippen LogP contribution in [0.25, 0.3) is 22.2 Å². The third-order valence-corrected chi connectivity index (χ3v) is 16.0. The van der Waals surface area contributed by atoms with Crippen molar-refractivity contribution in [3.05, 3.63) is 94.7 Å². The Hall–Kier alpha value is -8.98. The SMILES string of the molecule is CCn1nc(C)cc1C(=O)Nc1nc2cc(C(N)=O)cnc2n1C/C=C/Cn1c(NC(=O)c2cc(C)nn2CC)nc2cc(C(N)=O)cc(OCCCN3CCN(CCOCCOCCOCCOCCOCCOCCOCCOCCOCCOCCNC(=O)CN4C(=O)C=CC4=O)CC3)c21. The molecule has 7 N–H and O–H groups in total. The van der Waals surface area contributed by atoms with Crippen molar-refractivity contribution in [3.63, 3.8) is 0 Å². The van der Waals surface area contributed by atoms with E-state index in [-0.39, 0.29) is 55.8 Å². The molecule has 0 saturated carbocycles. The van der Waals surface area contributed by atoms with Gasteiger partial charge in [0.05, 0.1) is 161 Å². The monoisotopic (exact) mass is 1440 g/mol. The Balaban J connectivity index is 0.650. The van der Waals surface area contributed by atoms with Crippen molar-refractivity contribution in [2.75, 3.05) is 202 Å². The van der Waals surface area contributed by atoms with Gasteiger partial charge in [-0.3, -0.25) is 67.9 Å². The van der Waals surface area contributed by atoms with E-state index in [1.165, 1.54) is 12.3 Å². The molecule has 1 saturated heterocycles.